The van der Waals surface area contributed by atoms with Crippen molar-refractivity contribution in [2.24, 2.45) is 7.05 Å². The first-order valence-electron chi connectivity index (χ1n) is 8.68. The number of carbonyl (C=O) groups is 1. The minimum Gasteiger partial charge on any atom is -0.395 e. The third-order valence-corrected chi connectivity index (χ3v) is 4.49. The highest BCUT2D eigenvalue weighted by atomic mass is 16.3. The maximum Gasteiger partial charge on any atom is 0.318 e. The molecule has 0 aliphatic carbocycles. The first-order chi connectivity index (χ1) is 12.0. The van der Waals surface area contributed by atoms with Crippen LogP contribution in [0.3, 0.4) is 0 Å². The van der Waals surface area contributed by atoms with Gasteiger partial charge in [-0.3, -0.25) is 4.68 Å². The molecule has 1 atom stereocenters. The van der Waals surface area contributed by atoms with Crippen molar-refractivity contribution in [3.8, 4) is 0 Å². The van der Waals surface area contributed by atoms with Crippen molar-refractivity contribution >= 4 is 6.03 Å². The molecule has 0 aliphatic heterocycles. The Hall–Kier alpha value is -2.34. The second-order valence-corrected chi connectivity index (χ2v) is 6.25. The number of nitrogens with one attached hydrogen (secondary N) is 1. The molecule has 0 spiro atoms. The number of aliphatic hydroxyl groups is 1. The third kappa shape index (κ3) is 4.60. The summed E-state index contributed by atoms with van der Waals surface area (Å²) in [5.74, 6) is 0. The summed E-state index contributed by atoms with van der Waals surface area (Å²) in [6, 6.07) is 9.52. The topological polar surface area (TPSA) is 70.4 Å². The first kappa shape index (κ1) is 19.0. The number of hydrogen-bond acceptors (Lipinski definition) is 3. The highest BCUT2D eigenvalue weighted by molar-refractivity contribution is 5.75. The molecule has 0 saturated carbocycles. The Bertz CT molecular complexity index is 697. The van der Waals surface area contributed by atoms with Crippen LogP contribution in [-0.4, -0.2) is 39.0 Å². The maximum absolute atomic E-state index is 12.8. The Balaban J connectivity index is 2.15. The van der Waals surface area contributed by atoms with Crippen molar-refractivity contribution in [1.82, 2.24) is 20.0 Å². The number of urea groups is 1. The van der Waals surface area contributed by atoms with Crippen molar-refractivity contribution in [3.05, 3.63) is 52.8 Å². The van der Waals surface area contributed by atoms with E-state index in [0.717, 1.165) is 28.9 Å². The predicted molar refractivity (Wildman–Crippen MR) is 98.2 cm³/mol. The minimum absolute atomic E-state index is 0.0675. The van der Waals surface area contributed by atoms with Gasteiger partial charge in [0.05, 0.1) is 18.3 Å². The Morgan fingerprint density at radius 1 is 1.32 bits per heavy atom. The Morgan fingerprint density at radius 2 is 2.00 bits per heavy atom. The van der Waals surface area contributed by atoms with Crippen LogP contribution in [0.4, 0.5) is 4.79 Å². The van der Waals surface area contributed by atoms with Crippen molar-refractivity contribution in [1.29, 1.82) is 0 Å². The van der Waals surface area contributed by atoms with E-state index in [2.05, 4.69) is 10.4 Å². The molecule has 136 valence electrons. The summed E-state index contributed by atoms with van der Waals surface area (Å²) in [5, 5.41) is 16.9. The smallest absolute Gasteiger partial charge is 0.318 e. The highest BCUT2D eigenvalue weighted by Crippen LogP contribution is 2.24. The van der Waals surface area contributed by atoms with Gasteiger partial charge in [0.15, 0.2) is 0 Å². The first-order valence-corrected chi connectivity index (χ1v) is 8.68. The second-order valence-electron chi connectivity index (χ2n) is 6.25. The van der Waals surface area contributed by atoms with E-state index in [9.17, 15) is 9.90 Å². The van der Waals surface area contributed by atoms with Gasteiger partial charge in [-0.05, 0) is 25.8 Å². The normalized spacial score (nSPS) is 12.0. The molecule has 2 N–H and O–H groups in total. The zero-order chi connectivity index (χ0) is 18.4. The van der Waals surface area contributed by atoms with E-state index in [1.54, 1.807) is 4.90 Å². The maximum atomic E-state index is 12.8. The summed E-state index contributed by atoms with van der Waals surface area (Å²) in [6.45, 7) is 6.72. The predicted octanol–water partition coefficient (Wildman–Crippen LogP) is 2.69. The van der Waals surface area contributed by atoms with E-state index in [1.807, 2.05) is 62.8 Å². The second kappa shape index (κ2) is 8.67. The molecule has 0 aliphatic rings. The van der Waals surface area contributed by atoms with E-state index in [4.69, 9.17) is 0 Å². The molecular formula is C19H28N4O2. The van der Waals surface area contributed by atoms with Crippen molar-refractivity contribution in [3.63, 3.8) is 0 Å². The number of aromatic nitrogens is 2. The third-order valence-electron chi connectivity index (χ3n) is 4.49. The molecule has 0 bridgehead atoms. The highest BCUT2D eigenvalue weighted by Gasteiger charge is 2.23. The lowest BCUT2D eigenvalue weighted by Crippen LogP contribution is -2.42. The average Bonchev–Trinajstić information content (AvgIpc) is 2.85. The number of hydrogen-bond donors (Lipinski definition) is 2. The summed E-state index contributed by atoms with van der Waals surface area (Å²) in [4.78, 5) is 14.4. The number of nitrogens with zero attached hydrogens (tertiary/aromatic N) is 3. The number of rotatable bonds is 7. The quantitative estimate of drug-likeness (QED) is 0.811. The fourth-order valence-electron chi connectivity index (χ4n) is 3.09. The summed E-state index contributed by atoms with van der Waals surface area (Å²) < 4.78 is 1.84. The summed E-state index contributed by atoms with van der Waals surface area (Å²) in [5.41, 5.74) is 4.10. The minimum atomic E-state index is -0.174. The van der Waals surface area contributed by atoms with Gasteiger partial charge in [-0.2, -0.15) is 5.10 Å². The van der Waals surface area contributed by atoms with Crippen LogP contribution in [0.1, 0.15) is 41.9 Å². The number of aliphatic hydroxyl groups excluding tert-OH is 1. The number of amides is 2. The number of aryl methyl sites for hydroxylation is 2. The van der Waals surface area contributed by atoms with Gasteiger partial charge in [-0.15, -0.1) is 0 Å². The molecule has 1 heterocycles. The van der Waals surface area contributed by atoms with Crippen molar-refractivity contribution in [2.75, 3.05) is 13.2 Å². The van der Waals surface area contributed by atoms with Crippen LogP contribution < -0.4 is 5.32 Å². The Labute approximate surface area is 149 Å². The molecule has 6 nitrogen and oxygen atoms in total. The Kier molecular flexibility index (Phi) is 6.58. The zero-order valence-electron chi connectivity index (χ0n) is 15.5. The average molecular weight is 344 g/mol. The summed E-state index contributed by atoms with van der Waals surface area (Å²) in [7, 11) is 1.91. The molecule has 6 heteroatoms. The van der Waals surface area contributed by atoms with Gasteiger partial charge in [-0.25, -0.2) is 4.79 Å². The van der Waals surface area contributed by atoms with Crippen LogP contribution >= 0.6 is 0 Å². The molecule has 1 unspecified atom stereocenters. The van der Waals surface area contributed by atoms with Gasteiger partial charge < -0.3 is 15.3 Å². The summed E-state index contributed by atoms with van der Waals surface area (Å²) >= 11 is 0. The van der Waals surface area contributed by atoms with E-state index in [0.29, 0.717) is 13.1 Å². The molecular weight excluding hydrogens is 316 g/mol. The van der Waals surface area contributed by atoms with E-state index in [-0.39, 0.29) is 18.7 Å². The molecule has 2 amide bonds. The fourth-order valence-corrected chi connectivity index (χ4v) is 3.09. The molecule has 0 saturated heterocycles. The largest absolute Gasteiger partial charge is 0.395 e. The standard InChI is InChI=1S/C19H28N4O2/c1-5-17(18-14(2)21-22(4)15(18)3)20-19(25)23(11-12-24)13-16-9-7-6-8-10-16/h6-10,17,24H,5,11-13H2,1-4H3,(H,20,25). The number of carbonyl (C=O) groups excluding carboxylic acids is 1. The Morgan fingerprint density at radius 3 is 2.52 bits per heavy atom. The lowest BCUT2D eigenvalue weighted by atomic mass is 10.0. The molecule has 1 aromatic carbocycles. The lowest BCUT2D eigenvalue weighted by Gasteiger charge is -2.26. The van der Waals surface area contributed by atoms with Crippen LogP contribution in [0.15, 0.2) is 30.3 Å². The van der Waals surface area contributed by atoms with Crippen LogP contribution in [0, 0.1) is 13.8 Å². The van der Waals surface area contributed by atoms with Crippen molar-refractivity contribution in [2.45, 2.75) is 39.8 Å². The summed E-state index contributed by atoms with van der Waals surface area (Å²) in [6.07, 6.45) is 0.775. The van der Waals surface area contributed by atoms with Crippen LogP contribution in [0.2, 0.25) is 0 Å². The number of benzene rings is 1. The monoisotopic (exact) mass is 344 g/mol. The molecule has 2 aromatic rings. The van der Waals surface area contributed by atoms with Gasteiger partial charge in [0.2, 0.25) is 0 Å². The molecule has 0 radical (unpaired) electrons. The molecule has 2 rings (SSSR count). The van der Waals surface area contributed by atoms with Gasteiger partial charge in [-0.1, -0.05) is 37.3 Å². The van der Waals surface area contributed by atoms with Gasteiger partial charge in [0.1, 0.15) is 0 Å². The van der Waals surface area contributed by atoms with Gasteiger partial charge in [0, 0.05) is 31.4 Å². The zero-order valence-corrected chi connectivity index (χ0v) is 15.5. The van der Waals surface area contributed by atoms with E-state index in [1.165, 1.54) is 0 Å². The van der Waals surface area contributed by atoms with Crippen LogP contribution in [0.5, 0.6) is 0 Å². The van der Waals surface area contributed by atoms with E-state index >= 15 is 0 Å². The van der Waals surface area contributed by atoms with Gasteiger partial charge in [0.25, 0.3) is 0 Å². The van der Waals surface area contributed by atoms with Crippen LogP contribution in [0.25, 0.3) is 0 Å². The molecule has 1 aromatic heterocycles. The lowest BCUT2D eigenvalue weighted by molar-refractivity contribution is 0.170. The fraction of sp³-hybridized carbons (Fsp3) is 0.474. The SMILES string of the molecule is CCC(NC(=O)N(CCO)Cc1ccccc1)c1c(C)nn(C)c1C. The van der Waals surface area contributed by atoms with Crippen molar-refractivity contribution < 1.29 is 9.90 Å². The molecule has 0 fully saturated rings. The van der Waals surface area contributed by atoms with Gasteiger partial charge >= 0.3 is 6.03 Å². The van der Waals surface area contributed by atoms with Crippen LogP contribution in [-0.2, 0) is 13.6 Å². The van der Waals surface area contributed by atoms with E-state index < -0.39 is 0 Å². The molecule has 25 heavy (non-hydrogen) atoms.